The highest BCUT2D eigenvalue weighted by Gasteiger charge is 1.82. The Balaban J connectivity index is 3.00. The highest BCUT2D eigenvalue weighted by molar-refractivity contribution is 5.75. The molecule has 0 saturated heterocycles. The summed E-state index contributed by atoms with van der Waals surface area (Å²) < 4.78 is 0. The van der Waals surface area contributed by atoms with E-state index in [1.807, 2.05) is 0 Å². The normalized spacial score (nSPS) is 9.00. The number of hydrogen-bond donors (Lipinski definition) is 3. The van der Waals surface area contributed by atoms with Gasteiger partial charge >= 0.3 is 0 Å². The Morgan fingerprint density at radius 1 is 1.22 bits per heavy atom. The second-order valence-corrected chi connectivity index (χ2v) is 1.80. The molecular formula is C5H14N4. The first kappa shape index (κ1) is 8.23. The molecule has 0 unspecified atom stereocenters. The Labute approximate surface area is 55.1 Å². The van der Waals surface area contributed by atoms with Crippen LogP contribution in [0, 0.1) is 0 Å². The third kappa shape index (κ3) is 7.23. The van der Waals surface area contributed by atoms with Crippen LogP contribution in [0.2, 0.25) is 0 Å². The molecule has 4 nitrogen and oxygen atoms in total. The van der Waals surface area contributed by atoms with Crippen LogP contribution in [-0.2, 0) is 0 Å². The Morgan fingerprint density at radius 2 is 1.89 bits per heavy atom. The molecule has 0 aromatic rings. The highest BCUT2D eigenvalue weighted by atomic mass is 15.8. The number of unbranched alkanes of at least 4 members (excludes halogenated alkanes) is 1. The lowest BCUT2D eigenvalue weighted by Gasteiger charge is -1.92. The largest absolute Gasteiger partial charge is 0.370 e. The second-order valence-electron chi connectivity index (χ2n) is 1.80. The molecule has 6 N–H and O–H groups in total. The second kappa shape index (κ2) is 5.37. The molecule has 0 atom stereocenters. The Kier molecular flexibility index (Phi) is 4.91. The van der Waals surface area contributed by atoms with Crippen molar-refractivity contribution in [2.45, 2.75) is 12.8 Å². The summed E-state index contributed by atoms with van der Waals surface area (Å²) in [5.41, 5.74) is 15.4. The van der Waals surface area contributed by atoms with Gasteiger partial charge in [-0.3, -0.25) is 4.99 Å². The van der Waals surface area contributed by atoms with Crippen molar-refractivity contribution < 1.29 is 0 Å². The molecule has 0 aliphatic carbocycles. The molecule has 0 aliphatic rings. The van der Waals surface area contributed by atoms with Crippen molar-refractivity contribution in [3.8, 4) is 0 Å². The van der Waals surface area contributed by atoms with Crippen molar-refractivity contribution >= 4 is 5.96 Å². The lowest BCUT2D eigenvalue weighted by atomic mass is 10.3. The monoisotopic (exact) mass is 133 g/mol. The molecule has 0 radical (unpaired) electrons. The minimum absolute atomic E-state index is 0.159. The highest BCUT2D eigenvalue weighted by Crippen LogP contribution is 1.84. The Bertz CT molecular complexity index is 85.0. The van der Waals surface area contributed by atoms with E-state index in [1.54, 1.807) is 0 Å². The van der Waals surface area contributed by atoms with E-state index in [4.69, 9.17) is 17.2 Å². The molecule has 0 amide bonds. The molecule has 0 rings (SSSR count). The van der Waals surface area contributed by atoms with Gasteiger partial charge in [-0.25, -0.2) is 0 Å². The zero-order valence-corrected chi connectivity index (χ0v) is 5.51. The quantitative estimate of drug-likeness (QED) is 0.151. The number of guanidine groups is 1. The van der Waals surface area contributed by atoms with Crippen LogP contribution in [0.3, 0.4) is 0 Å². The van der Waals surface area contributed by atoms with Crippen molar-refractivity contribution in [1.82, 2.24) is 0 Å². The fourth-order valence-electron chi connectivity index (χ4n) is 0.464. The van der Waals surface area contributed by atoms with Gasteiger partial charge in [-0.15, -0.1) is 0 Å². The van der Waals surface area contributed by atoms with Crippen LogP contribution in [0.15, 0.2) is 4.99 Å². The lowest BCUT2D eigenvalue weighted by molar-refractivity contribution is 0.755. The number of rotatable bonds is 4. The molecule has 0 bridgehead atoms. The molecule has 0 heterocycles. The van der Waals surface area contributed by atoms with Gasteiger partial charge < -0.3 is 17.2 Å². The molecule has 0 saturated carbocycles. The van der Waals surface area contributed by atoms with Crippen molar-refractivity contribution in [1.29, 1.82) is 0 Å². The topological polar surface area (TPSA) is 90.4 Å². The summed E-state index contributed by atoms with van der Waals surface area (Å²) in [5.74, 6) is 0.159. The zero-order chi connectivity index (χ0) is 7.11. The predicted molar refractivity (Wildman–Crippen MR) is 39.0 cm³/mol. The lowest BCUT2D eigenvalue weighted by Crippen LogP contribution is -2.23. The summed E-state index contributed by atoms with van der Waals surface area (Å²) in [6, 6.07) is 0. The summed E-state index contributed by atoms with van der Waals surface area (Å²) >= 11 is 0. The molecule has 54 valence electrons. The average Bonchev–Trinajstić information content (AvgIpc) is 1.80. The molecule has 9 heavy (non-hydrogen) atoms. The number of nitrogens with zero attached hydrogens (tertiary/aromatic N) is 1. The van der Waals surface area contributed by atoms with Crippen molar-refractivity contribution in [3.63, 3.8) is 0 Å². The van der Waals surface area contributed by atoms with Crippen LogP contribution in [-0.4, -0.2) is 19.0 Å². The van der Waals surface area contributed by atoms with Crippen molar-refractivity contribution in [2.75, 3.05) is 13.1 Å². The van der Waals surface area contributed by atoms with E-state index in [0.29, 0.717) is 13.1 Å². The van der Waals surface area contributed by atoms with Gasteiger partial charge in [0.05, 0.1) is 0 Å². The van der Waals surface area contributed by atoms with Gasteiger partial charge in [0.25, 0.3) is 0 Å². The first-order chi connectivity index (χ1) is 4.27. The average molecular weight is 133 g/mol. The molecule has 4 heteroatoms. The first-order valence-electron chi connectivity index (χ1n) is 3.03. The molecule has 0 fully saturated rings. The van der Waals surface area contributed by atoms with Crippen molar-refractivity contribution in [2.24, 2.45) is 22.2 Å². The molecule has 0 aliphatic heterocycles. The third-order valence-electron chi connectivity index (χ3n) is 0.907. The minimum Gasteiger partial charge on any atom is -0.370 e. The summed E-state index contributed by atoms with van der Waals surface area (Å²) in [5, 5.41) is 0. The summed E-state index contributed by atoms with van der Waals surface area (Å²) in [4.78, 5) is 3.78. The van der Waals surface area contributed by atoms with E-state index in [2.05, 4.69) is 4.99 Å². The fourth-order valence-corrected chi connectivity index (χ4v) is 0.464. The molecule has 0 aromatic heterocycles. The van der Waals surface area contributed by atoms with Gasteiger partial charge in [0.2, 0.25) is 0 Å². The van der Waals surface area contributed by atoms with Crippen molar-refractivity contribution in [3.05, 3.63) is 0 Å². The zero-order valence-electron chi connectivity index (χ0n) is 5.51. The number of hydrogen-bond acceptors (Lipinski definition) is 2. The summed E-state index contributed by atoms with van der Waals surface area (Å²) in [6.07, 6.45) is 1.95. The van der Waals surface area contributed by atoms with Gasteiger partial charge in [0.1, 0.15) is 0 Å². The van der Waals surface area contributed by atoms with Crippen LogP contribution in [0.25, 0.3) is 0 Å². The maximum atomic E-state index is 5.23. The van der Waals surface area contributed by atoms with E-state index in [-0.39, 0.29) is 5.96 Å². The maximum absolute atomic E-state index is 5.23. The Hall–Kier alpha value is -0.770. The Morgan fingerprint density at radius 3 is 2.33 bits per heavy atom. The van der Waals surface area contributed by atoms with Crippen LogP contribution in [0.5, 0.6) is 0 Å². The summed E-state index contributed by atoms with van der Waals surface area (Å²) in [6.45, 7) is 1.40. The van der Waals surface area contributed by atoms with Gasteiger partial charge in [0, 0.05) is 6.54 Å². The number of aliphatic imine (C=N–C) groups is 1. The van der Waals surface area contributed by atoms with E-state index in [1.165, 1.54) is 0 Å². The van der Waals surface area contributed by atoms with Gasteiger partial charge in [-0.2, -0.15) is 0 Å². The van der Waals surface area contributed by atoms with Crippen LogP contribution < -0.4 is 17.2 Å². The van der Waals surface area contributed by atoms with E-state index in [0.717, 1.165) is 12.8 Å². The predicted octanol–water partition coefficient (Wildman–Crippen LogP) is -1.00. The van der Waals surface area contributed by atoms with Gasteiger partial charge in [-0.1, -0.05) is 0 Å². The van der Waals surface area contributed by atoms with Crippen LogP contribution in [0.4, 0.5) is 0 Å². The molecule has 0 spiro atoms. The molecular weight excluding hydrogens is 119 g/mol. The van der Waals surface area contributed by atoms with E-state index in [9.17, 15) is 0 Å². The van der Waals surface area contributed by atoms with Gasteiger partial charge in [0.15, 0.2) is 5.96 Å². The SMILES string of the molecule is NCCCCN=[13C]([15NH2])[15NH2]. The minimum atomic E-state index is 0.159. The first-order valence-corrected chi connectivity index (χ1v) is 3.03. The van der Waals surface area contributed by atoms with Gasteiger partial charge in [-0.05, 0) is 19.4 Å². The van der Waals surface area contributed by atoms with Crippen LogP contribution in [0.1, 0.15) is 12.8 Å². The fraction of sp³-hybridized carbons (Fsp3) is 0.800. The summed E-state index contributed by atoms with van der Waals surface area (Å²) in [7, 11) is 0. The maximum Gasteiger partial charge on any atom is 0.185 e. The van der Waals surface area contributed by atoms with E-state index >= 15 is 0 Å². The third-order valence-corrected chi connectivity index (χ3v) is 0.907. The number of nitrogens with two attached hydrogens (primary N) is 3. The molecule has 0 aromatic carbocycles. The smallest absolute Gasteiger partial charge is 0.185 e. The standard InChI is InChI=1S/C5H14N4/c6-3-1-2-4-9-5(7)8/h1-4,6H2,(H4,7,8,9)/i5+1,7+1,8+1. The van der Waals surface area contributed by atoms with Crippen LogP contribution >= 0.6 is 0 Å². The van der Waals surface area contributed by atoms with E-state index < -0.39 is 0 Å².